The molecule has 0 aliphatic carbocycles. The van der Waals surface area contributed by atoms with E-state index in [1.807, 2.05) is 0 Å². The number of nitrogens with one attached hydrogen (secondary N) is 2. The normalized spacial score (nSPS) is 13.0. The maximum atomic E-state index is 13.1. The van der Waals surface area contributed by atoms with Crippen molar-refractivity contribution in [3.63, 3.8) is 0 Å². The molecule has 0 aromatic heterocycles. The first-order chi connectivity index (χ1) is 9.71. The summed E-state index contributed by atoms with van der Waals surface area (Å²) in [7, 11) is 0. The SMILES string of the molecule is CC(O)CNCCNC(=O)c1ccc(F)c(C(F)(F)F)c1. The van der Waals surface area contributed by atoms with Gasteiger partial charge in [0.2, 0.25) is 0 Å². The quantitative estimate of drug-likeness (QED) is 0.552. The molecule has 8 heteroatoms. The second kappa shape index (κ2) is 7.37. The summed E-state index contributed by atoms with van der Waals surface area (Å²) in [5.41, 5.74) is -1.73. The van der Waals surface area contributed by atoms with Gasteiger partial charge in [0.05, 0.1) is 11.7 Å². The second-order valence-electron chi connectivity index (χ2n) is 4.50. The third kappa shape index (κ3) is 5.68. The summed E-state index contributed by atoms with van der Waals surface area (Å²) < 4.78 is 50.6. The zero-order chi connectivity index (χ0) is 16.0. The van der Waals surface area contributed by atoms with E-state index in [1.165, 1.54) is 0 Å². The third-order valence-electron chi connectivity index (χ3n) is 2.56. The number of rotatable bonds is 6. The van der Waals surface area contributed by atoms with Crippen molar-refractivity contribution in [3.05, 3.63) is 35.1 Å². The summed E-state index contributed by atoms with van der Waals surface area (Å²) in [6.07, 6.45) is -5.38. The van der Waals surface area contributed by atoms with Crippen LogP contribution in [0.4, 0.5) is 17.6 Å². The standard InChI is InChI=1S/C13H16F4N2O2/c1-8(20)7-18-4-5-19-12(21)9-2-3-11(14)10(6-9)13(15,16)17/h2-3,6,8,18,20H,4-5,7H2,1H3,(H,19,21). The summed E-state index contributed by atoms with van der Waals surface area (Å²) in [5, 5.41) is 14.2. The van der Waals surface area contributed by atoms with E-state index in [-0.39, 0.29) is 12.1 Å². The molecule has 0 fully saturated rings. The third-order valence-corrected chi connectivity index (χ3v) is 2.56. The van der Waals surface area contributed by atoms with Crippen LogP contribution in [0.25, 0.3) is 0 Å². The van der Waals surface area contributed by atoms with Crippen molar-refractivity contribution in [2.45, 2.75) is 19.2 Å². The van der Waals surface area contributed by atoms with Crippen LogP contribution in [0.2, 0.25) is 0 Å². The molecule has 1 unspecified atom stereocenters. The molecule has 0 heterocycles. The monoisotopic (exact) mass is 308 g/mol. The van der Waals surface area contributed by atoms with Crippen LogP contribution in [-0.2, 0) is 6.18 Å². The van der Waals surface area contributed by atoms with Crippen LogP contribution >= 0.6 is 0 Å². The van der Waals surface area contributed by atoms with E-state index in [2.05, 4.69) is 10.6 Å². The zero-order valence-corrected chi connectivity index (χ0v) is 11.3. The van der Waals surface area contributed by atoms with Gasteiger partial charge in [-0.15, -0.1) is 0 Å². The fourth-order valence-electron chi connectivity index (χ4n) is 1.56. The summed E-state index contributed by atoms with van der Waals surface area (Å²) in [5.74, 6) is -2.14. The largest absolute Gasteiger partial charge is 0.419 e. The number of alkyl halides is 3. The number of benzene rings is 1. The maximum absolute atomic E-state index is 13.1. The molecule has 0 aliphatic rings. The molecule has 1 aromatic rings. The van der Waals surface area contributed by atoms with E-state index in [0.29, 0.717) is 25.2 Å². The van der Waals surface area contributed by atoms with Crippen LogP contribution in [0.1, 0.15) is 22.8 Å². The topological polar surface area (TPSA) is 61.4 Å². The molecular formula is C13H16F4N2O2. The van der Waals surface area contributed by atoms with E-state index in [4.69, 9.17) is 5.11 Å². The average molecular weight is 308 g/mol. The Kier molecular flexibility index (Phi) is 6.10. The van der Waals surface area contributed by atoms with Gasteiger partial charge in [-0.25, -0.2) is 4.39 Å². The highest BCUT2D eigenvalue weighted by molar-refractivity contribution is 5.94. The molecule has 0 bridgehead atoms. The Labute approximate surface area is 119 Å². The van der Waals surface area contributed by atoms with Crippen LogP contribution in [0, 0.1) is 5.82 Å². The van der Waals surface area contributed by atoms with Crippen molar-refractivity contribution in [3.8, 4) is 0 Å². The molecule has 1 rings (SSSR count). The minimum atomic E-state index is -4.85. The summed E-state index contributed by atoms with van der Waals surface area (Å²) in [6, 6.07) is 2.08. The average Bonchev–Trinajstić information content (AvgIpc) is 2.36. The van der Waals surface area contributed by atoms with Crippen LogP contribution in [0.3, 0.4) is 0 Å². The van der Waals surface area contributed by atoms with Gasteiger partial charge in [-0.3, -0.25) is 4.79 Å². The molecule has 21 heavy (non-hydrogen) atoms. The predicted octanol–water partition coefficient (Wildman–Crippen LogP) is 1.54. The van der Waals surface area contributed by atoms with Crippen LogP contribution < -0.4 is 10.6 Å². The Morgan fingerprint density at radius 2 is 2.00 bits per heavy atom. The number of amides is 1. The van der Waals surface area contributed by atoms with Crippen molar-refractivity contribution in [2.75, 3.05) is 19.6 Å². The van der Waals surface area contributed by atoms with Crippen molar-refractivity contribution < 1.29 is 27.5 Å². The van der Waals surface area contributed by atoms with Crippen molar-refractivity contribution in [1.29, 1.82) is 0 Å². The van der Waals surface area contributed by atoms with Crippen LogP contribution in [0.15, 0.2) is 18.2 Å². The highest BCUT2D eigenvalue weighted by Crippen LogP contribution is 2.31. The maximum Gasteiger partial charge on any atom is 0.419 e. The fraction of sp³-hybridized carbons (Fsp3) is 0.462. The predicted molar refractivity (Wildman–Crippen MR) is 68.3 cm³/mol. The number of aliphatic hydroxyl groups excluding tert-OH is 1. The first-order valence-corrected chi connectivity index (χ1v) is 6.25. The lowest BCUT2D eigenvalue weighted by Gasteiger charge is -2.11. The number of aliphatic hydroxyl groups is 1. The zero-order valence-electron chi connectivity index (χ0n) is 11.3. The van der Waals surface area contributed by atoms with Gasteiger partial charge in [-0.2, -0.15) is 13.2 Å². The molecule has 1 aromatic carbocycles. The van der Waals surface area contributed by atoms with Crippen molar-refractivity contribution in [1.82, 2.24) is 10.6 Å². The van der Waals surface area contributed by atoms with Gasteiger partial charge >= 0.3 is 6.18 Å². The Balaban J connectivity index is 2.59. The van der Waals surface area contributed by atoms with Gasteiger partial charge in [-0.1, -0.05) is 0 Å². The van der Waals surface area contributed by atoms with E-state index >= 15 is 0 Å². The highest BCUT2D eigenvalue weighted by Gasteiger charge is 2.34. The van der Waals surface area contributed by atoms with Gasteiger partial charge in [0.25, 0.3) is 5.91 Å². The molecular weight excluding hydrogens is 292 g/mol. The molecule has 0 saturated heterocycles. The van der Waals surface area contributed by atoms with E-state index < -0.39 is 29.6 Å². The number of hydrogen-bond donors (Lipinski definition) is 3. The Hall–Kier alpha value is -1.67. The van der Waals surface area contributed by atoms with Crippen molar-refractivity contribution in [2.24, 2.45) is 0 Å². The van der Waals surface area contributed by atoms with Crippen LogP contribution in [-0.4, -0.2) is 36.8 Å². The summed E-state index contributed by atoms with van der Waals surface area (Å²) in [4.78, 5) is 11.7. The molecule has 0 aliphatic heterocycles. The van der Waals surface area contributed by atoms with Gasteiger partial charge in [0, 0.05) is 25.2 Å². The van der Waals surface area contributed by atoms with E-state index in [9.17, 15) is 22.4 Å². The molecule has 4 nitrogen and oxygen atoms in total. The molecule has 3 N–H and O–H groups in total. The molecule has 0 saturated carbocycles. The molecule has 0 radical (unpaired) electrons. The minimum Gasteiger partial charge on any atom is -0.392 e. The summed E-state index contributed by atoms with van der Waals surface area (Å²) >= 11 is 0. The highest BCUT2D eigenvalue weighted by atomic mass is 19.4. The Bertz CT molecular complexity index is 490. The summed E-state index contributed by atoms with van der Waals surface area (Å²) in [6.45, 7) is 2.45. The van der Waals surface area contributed by atoms with Crippen LogP contribution in [0.5, 0.6) is 0 Å². The lowest BCUT2D eigenvalue weighted by molar-refractivity contribution is -0.140. The first-order valence-electron chi connectivity index (χ1n) is 6.25. The molecule has 0 spiro atoms. The number of carbonyl (C=O) groups excluding carboxylic acids is 1. The van der Waals surface area contributed by atoms with Gasteiger partial charge < -0.3 is 15.7 Å². The smallest absolute Gasteiger partial charge is 0.392 e. The number of halogens is 4. The lowest BCUT2D eigenvalue weighted by atomic mass is 10.1. The van der Waals surface area contributed by atoms with Crippen molar-refractivity contribution >= 4 is 5.91 Å². The molecule has 1 atom stereocenters. The first kappa shape index (κ1) is 17.4. The Morgan fingerprint density at radius 1 is 1.33 bits per heavy atom. The Morgan fingerprint density at radius 3 is 2.57 bits per heavy atom. The second-order valence-corrected chi connectivity index (χ2v) is 4.50. The van der Waals surface area contributed by atoms with Gasteiger partial charge in [-0.05, 0) is 25.1 Å². The molecule has 118 valence electrons. The van der Waals surface area contributed by atoms with E-state index in [0.717, 1.165) is 6.07 Å². The lowest BCUT2D eigenvalue weighted by Crippen LogP contribution is -2.34. The van der Waals surface area contributed by atoms with Gasteiger partial charge in [0.15, 0.2) is 0 Å². The number of carbonyl (C=O) groups is 1. The molecule has 1 amide bonds. The van der Waals surface area contributed by atoms with Gasteiger partial charge in [0.1, 0.15) is 5.82 Å². The minimum absolute atomic E-state index is 0.171. The van der Waals surface area contributed by atoms with E-state index in [1.54, 1.807) is 6.92 Å². The fourth-order valence-corrected chi connectivity index (χ4v) is 1.56. The number of hydrogen-bond acceptors (Lipinski definition) is 3.